The maximum atomic E-state index is 5.34. The average molecular weight is 717 g/mol. The summed E-state index contributed by atoms with van der Waals surface area (Å²) in [5, 5.41) is 4.96. The molecule has 0 spiro atoms. The monoisotopic (exact) mass is 716 g/mol. The van der Waals surface area contributed by atoms with Crippen molar-refractivity contribution in [2.24, 2.45) is 0 Å². The standard InChI is InChI=1S/C54H40N2/c1-53(2)46-27-13-12-22-39(46)42-24-15-26-44(51(42)53)49-32-48(55-52(56-49)33-16-6-5-7-17-33)40-29-28-38(36-20-10-11-21-37(36)40)41-23-14-25-43-45-30-34-18-8-9-19-35(34)31-47(45)54(3,4)50(41)43/h5-32H,1-4H3. The Labute approximate surface area is 328 Å². The molecule has 0 saturated heterocycles. The Morgan fingerprint density at radius 2 is 0.839 bits per heavy atom. The molecule has 266 valence electrons. The van der Waals surface area contributed by atoms with E-state index >= 15 is 0 Å². The van der Waals surface area contributed by atoms with E-state index in [1.54, 1.807) is 0 Å². The van der Waals surface area contributed by atoms with E-state index in [-0.39, 0.29) is 10.8 Å². The van der Waals surface area contributed by atoms with Crippen LogP contribution in [0.25, 0.3) is 88.8 Å². The highest BCUT2D eigenvalue weighted by Crippen LogP contribution is 2.55. The topological polar surface area (TPSA) is 25.8 Å². The lowest BCUT2D eigenvalue weighted by Crippen LogP contribution is -2.16. The van der Waals surface area contributed by atoms with Gasteiger partial charge in [0.1, 0.15) is 0 Å². The van der Waals surface area contributed by atoms with Crippen molar-refractivity contribution in [2.75, 3.05) is 0 Å². The molecule has 0 saturated carbocycles. The second-order valence-electron chi connectivity index (χ2n) is 16.5. The molecule has 0 fully saturated rings. The van der Waals surface area contributed by atoms with Gasteiger partial charge in [0.15, 0.2) is 5.82 Å². The highest BCUT2D eigenvalue weighted by atomic mass is 14.9. The molecule has 0 amide bonds. The molecule has 0 N–H and O–H groups in total. The summed E-state index contributed by atoms with van der Waals surface area (Å²) < 4.78 is 0. The van der Waals surface area contributed by atoms with E-state index in [0.717, 1.165) is 33.9 Å². The van der Waals surface area contributed by atoms with E-state index in [1.807, 2.05) is 6.07 Å². The number of benzene rings is 8. The normalized spacial score (nSPS) is 14.4. The van der Waals surface area contributed by atoms with Crippen LogP contribution in [0.5, 0.6) is 0 Å². The molecule has 1 aromatic heterocycles. The Hall–Kier alpha value is -6.64. The van der Waals surface area contributed by atoms with Crippen molar-refractivity contribution in [3.8, 4) is 67.3 Å². The van der Waals surface area contributed by atoms with Crippen LogP contribution in [-0.2, 0) is 10.8 Å². The van der Waals surface area contributed by atoms with Gasteiger partial charge in [0.05, 0.1) is 11.4 Å². The van der Waals surface area contributed by atoms with Crippen LogP contribution in [0.1, 0.15) is 49.9 Å². The number of hydrogen-bond acceptors (Lipinski definition) is 2. The smallest absolute Gasteiger partial charge is 0.160 e. The van der Waals surface area contributed by atoms with E-state index in [1.165, 1.54) is 77.2 Å². The van der Waals surface area contributed by atoms with Crippen LogP contribution >= 0.6 is 0 Å². The molecule has 56 heavy (non-hydrogen) atoms. The fourth-order valence-electron chi connectivity index (χ4n) is 10.0. The molecule has 11 rings (SSSR count). The van der Waals surface area contributed by atoms with E-state index in [2.05, 4.69) is 191 Å². The Morgan fingerprint density at radius 1 is 0.339 bits per heavy atom. The highest BCUT2D eigenvalue weighted by Gasteiger charge is 2.39. The van der Waals surface area contributed by atoms with Crippen LogP contribution < -0.4 is 0 Å². The largest absolute Gasteiger partial charge is 0.228 e. The minimum Gasteiger partial charge on any atom is -0.228 e. The minimum atomic E-state index is -0.176. The van der Waals surface area contributed by atoms with Gasteiger partial charge in [0, 0.05) is 27.5 Å². The molecule has 2 heteroatoms. The van der Waals surface area contributed by atoms with Gasteiger partial charge >= 0.3 is 0 Å². The van der Waals surface area contributed by atoms with Crippen LogP contribution in [0.4, 0.5) is 0 Å². The second-order valence-corrected chi connectivity index (χ2v) is 16.5. The number of aromatic nitrogens is 2. The summed E-state index contributed by atoms with van der Waals surface area (Å²) in [6.07, 6.45) is 0. The first-order chi connectivity index (χ1) is 27.3. The summed E-state index contributed by atoms with van der Waals surface area (Å²) in [5.41, 5.74) is 18.0. The maximum absolute atomic E-state index is 5.34. The average Bonchev–Trinajstić information content (AvgIpc) is 3.62. The zero-order valence-corrected chi connectivity index (χ0v) is 32.1. The Kier molecular flexibility index (Phi) is 6.98. The molecule has 0 radical (unpaired) electrons. The highest BCUT2D eigenvalue weighted by molar-refractivity contribution is 6.07. The fraction of sp³-hybridized carbons (Fsp3) is 0.111. The van der Waals surface area contributed by atoms with Crippen LogP contribution in [0.3, 0.4) is 0 Å². The second kappa shape index (κ2) is 11.9. The first kappa shape index (κ1) is 32.8. The van der Waals surface area contributed by atoms with Crippen LogP contribution in [0.2, 0.25) is 0 Å². The van der Waals surface area contributed by atoms with Crippen LogP contribution in [0.15, 0.2) is 170 Å². The molecular formula is C54H40N2. The van der Waals surface area contributed by atoms with Crippen molar-refractivity contribution in [1.82, 2.24) is 9.97 Å². The van der Waals surface area contributed by atoms with Gasteiger partial charge in [-0.1, -0.05) is 179 Å². The lowest BCUT2D eigenvalue weighted by Gasteiger charge is -2.25. The predicted molar refractivity (Wildman–Crippen MR) is 234 cm³/mol. The lowest BCUT2D eigenvalue weighted by molar-refractivity contribution is 0.662. The third kappa shape index (κ3) is 4.69. The van der Waals surface area contributed by atoms with Gasteiger partial charge in [-0.15, -0.1) is 0 Å². The zero-order chi connectivity index (χ0) is 37.8. The Bertz CT molecular complexity index is 3080. The number of hydrogen-bond donors (Lipinski definition) is 0. The summed E-state index contributed by atoms with van der Waals surface area (Å²) in [5.74, 6) is 0.727. The molecule has 9 aromatic rings. The molecule has 2 aliphatic rings. The molecular weight excluding hydrogens is 677 g/mol. The first-order valence-corrected chi connectivity index (χ1v) is 19.7. The summed E-state index contributed by atoms with van der Waals surface area (Å²) in [7, 11) is 0. The minimum absolute atomic E-state index is 0.166. The van der Waals surface area contributed by atoms with Crippen molar-refractivity contribution in [2.45, 2.75) is 38.5 Å². The summed E-state index contributed by atoms with van der Waals surface area (Å²) in [6, 6.07) is 62.0. The predicted octanol–water partition coefficient (Wildman–Crippen LogP) is 14.1. The van der Waals surface area contributed by atoms with E-state index < -0.39 is 0 Å². The van der Waals surface area contributed by atoms with Crippen LogP contribution in [0, 0.1) is 0 Å². The third-order valence-corrected chi connectivity index (χ3v) is 12.6. The summed E-state index contributed by atoms with van der Waals surface area (Å²) in [6.45, 7) is 9.46. The van der Waals surface area contributed by atoms with Crippen LogP contribution in [-0.4, -0.2) is 9.97 Å². The zero-order valence-electron chi connectivity index (χ0n) is 32.1. The fourth-order valence-corrected chi connectivity index (χ4v) is 10.0. The van der Waals surface area contributed by atoms with Gasteiger partial charge in [-0.05, 0) is 95.4 Å². The third-order valence-electron chi connectivity index (χ3n) is 12.6. The summed E-state index contributed by atoms with van der Waals surface area (Å²) in [4.78, 5) is 10.7. The molecule has 0 bridgehead atoms. The maximum Gasteiger partial charge on any atom is 0.160 e. The van der Waals surface area contributed by atoms with Gasteiger partial charge in [0.25, 0.3) is 0 Å². The molecule has 0 aliphatic heterocycles. The Balaban J connectivity index is 1.12. The lowest BCUT2D eigenvalue weighted by atomic mass is 9.77. The molecule has 2 aliphatic carbocycles. The van der Waals surface area contributed by atoms with Crippen molar-refractivity contribution >= 4 is 21.5 Å². The van der Waals surface area contributed by atoms with Gasteiger partial charge < -0.3 is 0 Å². The van der Waals surface area contributed by atoms with Crippen molar-refractivity contribution < 1.29 is 0 Å². The number of nitrogens with zero attached hydrogens (tertiary/aromatic N) is 2. The molecule has 8 aromatic carbocycles. The van der Waals surface area contributed by atoms with E-state index in [4.69, 9.17) is 9.97 Å². The molecule has 1 heterocycles. The van der Waals surface area contributed by atoms with Crippen molar-refractivity contribution in [1.29, 1.82) is 0 Å². The van der Waals surface area contributed by atoms with Crippen molar-refractivity contribution in [3.05, 3.63) is 192 Å². The molecule has 0 atom stereocenters. The van der Waals surface area contributed by atoms with Gasteiger partial charge in [-0.3, -0.25) is 0 Å². The van der Waals surface area contributed by atoms with Gasteiger partial charge in [0.2, 0.25) is 0 Å². The first-order valence-electron chi connectivity index (χ1n) is 19.7. The summed E-state index contributed by atoms with van der Waals surface area (Å²) >= 11 is 0. The molecule has 2 nitrogen and oxygen atoms in total. The van der Waals surface area contributed by atoms with Gasteiger partial charge in [-0.2, -0.15) is 0 Å². The quantitative estimate of drug-likeness (QED) is 0.181. The SMILES string of the molecule is CC1(C)c2ccccc2-c2cccc(-c3cc(-c4ccc(-c5cccc6c5C(C)(C)c5cc7ccccc7cc5-6)c5ccccc45)nc(-c4ccccc4)n3)c21. The van der Waals surface area contributed by atoms with E-state index in [0.29, 0.717) is 0 Å². The molecule has 0 unspecified atom stereocenters. The van der Waals surface area contributed by atoms with E-state index in [9.17, 15) is 0 Å². The number of rotatable bonds is 4. The number of fused-ring (bicyclic) bond motifs is 8. The van der Waals surface area contributed by atoms with Gasteiger partial charge in [-0.25, -0.2) is 9.97 Å². The Morgan fingerprint density at radius 3 is 1.59 bits per heavy atom. The van der Waals surface area contributed by atoms with Crippen molar-refractivity contribution in [3.63, 3.8) is 0 Å².